The third kappa shape index (κ3) is 3.65. The van der Waals surface area contributed by atoms with Gasteiger partial charge in [-0.25, -0.2) is 0 Å². The Morgan fingerprint density at radius 2 is 1.95 bits per heavy atom. The average molecular weight is 287 g/mol. The van der Waals surface area contributed by atoms with Gasteiger partial charge < -0.3 is 10.1 Å². The van der Waals surface area contributed by atoms with E-state index in [1.165, 1.54) is 0 Å². The van der Waals surface area contributed by atoms with Gasteiger partial charge in [0.1, 0.15) is 23.9 Å². The normalized spacial score (nSPS) is 8.75. The number of nitriles is 3. The first-order chi connectivity index (χ1) is 9.67. The smallest absolute Gasteiger partial charge is 0.163 e. The van der Waals surface area contributed by atoms with Gasteiger partial charge in [-0.1, -0.05) is 24.6 Å². The zero-order chi connectivity index (χ0) is 15.0. The summed E-state index contributed by atoms with van der Waals surface area (Å²) in [5.41, 5.74) is -0.00182. The van der Waals surface area contributed by atoms with Gasteiger partial charge >= 0.3 is 0 Å². The second-order valence-electron chi connectivity index (χ2n) is 3.68. The van der Waals surface area contributed by atoms with E-state index in [0.29, 0.717) is 23.1 Å². The number of nitrogens with zero attached hydrogens (tertiary/aromatic N) is 3. The van der Waals surface area contributed by atoms with Gasteiger partial charge in [-0.15, -0.1) is 0 Å². The zero-order valence-corrected chi connectivity index (χ0v) is 11.5. The molecule has 5 nitrogen and oxygen atoms in total. The summed E-state index contributed by atoms with van der Waals surface area (Å²) >= 11 is 6.05. The Labute approximate surface area is 122 Å². The molecule has 0 bridgehead atoms. The van der Waals surface area contributed by atoms with Gasteiger partial charge in [0.2, 0.25) is 0 Å². The van der Waals surface area contributed by atoms with Crippen molar-refractivity contribution < 1.29 is 4.74 Å². The van der Waals surface area contributed by atoms with Crippen molar-refractivity contribution in [3.63, 3.8) is 0 Å². The molecule has 20 heavy (non-hydrogen) atoms. The Hall–Kier alpha value is -2.68. The van der Waals surface area contributed by atoms with E-state index in [-0.39, 0.29) is 11.3 Å². The van der Waals surface area contributed by atoms with Gasteiger partial charge in [0, 0.05) is 0 Å². The standard InChI is InChI=1S/C14H11ClN4O/c1-2-6-20-14-11(15)4-3-5-12(14)19-13(9-18)10(7-16)8-17/h3-5,19H,2,6H2,1H3. The Balaban J connectivity index is 3.19. The second-order valence-corrected chi connectivity index (χ2v) is 4.08. The SMILES string of the molecule is CCCOc1c(Cl)cccc1NC(C#N)=C(C#N)C#N. The van der Waals surface area contributed by atoms with Crippen LogP contribution in [-0.4, -0.2) is 6.61 Å². The van der Waals surface area contributed by atoms with Crippen molar-refractivity contribution >= 4 is 17.3 Å². The maximum absolute atomic E-state index is 9.01. The van der Waals surface area contributed by atoms with E-state index in [9.17, 15) is 0 Å². The number of halogens is 1. The van der Waals surface area contributed by atoms with E-state index in [2.05, 4.69) is 5.32 Å². The summed E-state index contributed by atoms with van der Waals surface area (Å²) in [6.07, 6.45) is 0.799. The quantitative estimate of drug-likeness (QED) is 0.838. The van der Waals surface area contributed by atoms with Gasteiger partial charge in [-0.2, -0.15) is 15.8 Å². The molecule has 0 amide bonds. The first-order valence-corrected chi connectivity index (χ1v) is 6.18. The minimum absolute atomic E-state index is 0.140. The van der Waals surface area contributed by atoms with E-state index < -0.39 is 0 Å². The van der Waals surface area contributed by atoms with Crippen LogP contribution in [-0.2, 0) is 0 Å². The molecule has 0 radical (unpaired) electrons. The molecule has 0 atom stereocenters. The van der Waals surface area contributed by atoms with Crippen LogP contribution in [0.2, 0.25) is 5.02 Å². The number of nitrogens with one attached hydrogen (secondary N) is 1. The average Bonchev–Trinajstić information content (AvgIpc) is 2.46. The summed E-state index contributed by atoms with van der Waals surface area (Å²) in [5, 5.41) is 29.7. The summed E-state index contributed by atoms with van der Waals surface area (Å²) in [5.74, 6) is 0.388. The van der Waals surface area contributed by atoms with Crippen molar-refractivity contribution in [1.82, 2.24) is 0 Å². The molecular weight excluding hydrogens is 276 g/mol. The summed E-state index contributed by atoms with van der Waals surface area (Å²) in [4.78, 5) is 0. The van der Waals surface area contributed by atoms with Crippen molar-refractivity contribution in [3.8, 4) is 24.0 Å². The number of benzene rings is 1. The molecule has 0 aliphatic heterocycles. The van der Waals surface area contributed by atoms with Crippen LogP contribution in [0.25, 0.3) is 0 Å². The topological polar surface area (TPSA) is 92.6 Å². The summed E-state index contributed by atoms with van der Waals surface area (Å²) in [6.45, 7) is 2.42. The Bertz CT molecular complexity index is 631. The highest BCUT2D eigenvalue weighted by atomic mass is 35.5. The molecule has 0 aromatic heterocycles. The van der Waals surface area contributed by atoms with Crippen LogP contribution in [0, 0.1) is 34.0 Å². The lowest BCUT2D eigenvalue weighted by molar-refractivity contribution is 0.319. The number of para-hydroxylation sites is 1. The lowest BCUT2D eigenvalue weighted by atomic mass is 10.2. The molecule has 0 heterocycles. The molecule has 1 aromatic carbocycles. The summed E-state index contributed by atoms with van der Waals surface area (Å²) in [6, 6.07) is 10.1. The number of hydrogen-bond acceptors (Lipinski definition) is 5. The highest BCUT2D eigenvalue weighted by Crippen LogP contribution is 2.34. The number of rotatable bonds is 5. The number of hydrogen-bond donors (Lipinski definition) is 1. The van der Waals surface area contributed by atoms with Crippen LogP contribution in [0.15, 0.2) is 29.5 Å². The molecule has 0 spiro atoms. The maximum Gasteiger partial charge on any atom is 0.163 e. The van der Waals surface area contributed by atoms with Crippen molar-refractivity contribution in [1.29, 1.82) is 15.8 Å². The van der Waals surface area contributed by atoms with Crippen LogP contribution in [0.1, 0.15) is 13.3 Å². The highest BCUT2D eigenvalue weighted by molar-refractivity contribution is 6.32. The minimum atomic E-state index is -0.297. The van der Waals surface area contributed by atoms with E-state index >= 15 is 0 Å². The first kappa shape index (κ1) is 15.4. The van der Waals surface area contributed by atoms with Gasteiger partial charge in [0.25, 0.3) is 0 Å². The van der Waals surface area contributed by atoms with Crippen LogP contribution in [0.5, 0.6) is 5.75 Å². The predicted molar refractivity (Wildman–Crippen MR) is 74.7 cm³/mol. The van der Waals surface area contributed by atoms with Gasteiger partial charge in [0.15, 0.2) is 11.3 Å². The fraction of sp³-hybridized carbons (Fsp3) is 0.214. The molecular formula is C14H11ClN4O. The number of allylic oxidation sites excluding steroid dienone is 2. The van der Waals surface area contributed by atoms with Crippen molar-refractivity contribution in [3.05, 3.63) is 34.5 Å². The molecule has 0 fully saturated rings. The lowest BCUT2D eigenvalue weighted by Crippen LogP contribution is -2.04. The Kier molecular flexibility index (Phi) is 5.91. The van der Waals surface area contributed by atoms with Crippen molar-refractivity contribution in [2.24, 2.45) is 0 Å². The molecule has 1 N–H and O–H groups in total. The third-order valence-electron chi connectivity index (χ3n) is 2.26. The molecule has 1 aromatic rings. The fourth-order valence-corrected chi connectivity index (χ4v) is 1.61. The van der Waals surface area contributed by atoms with Crippen molar-refractivity contribution in [2.45, 2.75) is 13.3 Å². The van der Waals surface area contributed by atoms with Gasteiger partial charge in [0.05, 0.1) is 17.3 Å². The van der Waals surface area contributed by atoms with Crippen LogP contribution >= 0.6 is 11.6 Å². The summed E-state index contributed by atoms with van der Waals surface area (Å²) in [7, 11) is 0. The van der Waals surface area contributed by atoms with E-state index in [1.807, 2.05) is 6.92 Å². The van der Waals surface area contributed by atoms with Crippen LogP contribution in [0.3, 0.4) is 0 Å². The first-order valence-electron chi connectivity index (χ1n) is 5.80. The zero-order valence-electron chi connectivity index (χ0n) is 10.8. The number of ether oxygens (including phenoxy) is 1. The van der Waals surface area contributed by atoms with E-state index in [4.69, 9.17) is 32.1 Å². The maximum atomic E-state index is 9.01. The van der Waals surface area contributed by atoms with Crippen molar-refractivity contribution in [2.75, 3.05) is 11.9 Å². The second kappa shape index (κ2) is 7.69. The monoisotopic (exact) mass is 286 g/mol. The van der Waals surface area contributed by atoms with Crippen LogP contribution in [0.4, 0.5) is 5.69 Å². The fourth-order valence-electron chi connectivity index (χ4n) is 1.38. The molecule has 0 aliphatic rings. The number of anilines is 1. The summed E-state index contributed by atoms with van der Waals surface area (Å²) < 4.78 is 5.52. The predicted octanol–water partition coefficient (Wildman–Crippen LogP) is 3.37. The molecule has 0 aliphatic carbocycles. The van der Waals surface area contributed by atoms with E-state index in [1.54, 1.807) is 36.4 Å². The third-order valence-corrected chi connectivity index (χ3v) is 2.56. The van der Waals surface area contributed by atoms with Gasteiger partial charge in [-0.05, 0) is 18.6 Å². The highest BCUT2D eigenvalue weighted by Gasteiger charge is 2.12. The van der Waals surface area contributed by atoms with Crippen LogP contribution < -0.4 is 10.1 Å². The molecule has 0 saturated carbocycles. The lowest BCUT2D eigenvalue weighted by Gasteiger charge is -2.13. The molecule has 1 rings (SSSR count). The Morgan fingerprint density at radius 3 is 2.50 bits per heavy atom. The van der Waals surface area contributed by atoms with Gasteiger partial charge in [-0.3, -0.25) is 0 Å². The molecule has 0 unspecified atom stereocenters. The molecule has 6 heteroatoms. The molecule has 0 saturated heterocycles. The minimum Gasteiger partial charge on any atom is -0.490 e. The van der Waals surface area contributed by atoms with E-state index in [0.717, 1.165) is 6.42 Å². The molecule has 100 valence electrons. The largest absolute Gasteiger partial charge is 0.490 e. The Morgan fingerprint density at radius 1 is 1.25 bits per heavy atom.